The van der Waals surface area contributed by atoms with Crippen molar-refractivity contribution in [2.24, 2.45) is 0 Å². The van der Waals surface area contributed by atoms with E-state index in [1.165, 1.54) is 28.4 Å². The summed E-state index contributed by atoms with van der Waals surface area (Å²) in [7, 11) is 0. The molecule has 1 aliphatic rings. The third kappa shape index (κ3) is 4.68. The van der Waals surface area contributed by atoms with Crippen LogP contribution in [0.3, 0.4) is 0 Å². The van der Waals surface area contributed by atoms with E-state index in [9.17, 15) is 14.0 Å². The van der Waals surface area contributed by atoms with Gasteiger partial charge in [-0.25, -0.2) is 9.37 Å². The maximum atomic E-state index is 13.5. The average Bonchev–Trinajstić information content (AvgIpc) is 3.34. The van der Waals surface area contributed by atoms with E-state index < -0.39 is 6.04 Å². The van der Waals surface area contributed by atoms with Gasteiger partial charge in [0, 0.05) is 28.9 Å². The van der Waals surface area contributed by atoms with E-state index in [2.05, 4.69) is 10.3 Å². The normalized spacial score (nSPS) is 16.1. The molecule has 0 radical (unpaired) electrons. The maximum Gasteiger partial charge on any atom is 0.243 e. The molecule has 1 atom stereocenters. The van der Waals surface area contributed by atoms with Crippen LogP contribution in [0, 0.1) is 5.82 Å². The van der Waals surface area contributed by atoms with Crippen LogP contribution in [0.2, 0.25) is 5.02 Å². The van der Waals surface area contributed by atoms with Gasteiger partial charge in [0.1, 0.15) is 16.9 Å². The molecule has 30 heavy (non-hydrogen) atoms. The molecule has 0 saturated carbocycles. The smallest absolute Gasteiger partial charge is 0.243 e. The van der Waals surface area contributed by atoms with Gasteiger partial charge in [0.15, 0.2) is 0 Å². The number of carbonyl (C=O) groups excluding carboxylic acids is 2. The Kier molecular flexibility index (Phi) is 6.11. The largest absolute Gasteiger partial charge is 0.348 e. The first kappa shape index (κ1) is 20.5. The number of amides is 2. The second kappa shape index (κ2) is 8.93. The molecule has 0 spiro atoms. The molecule has 1 unspecified atom stereocenters. The van der Waals surface area contributed by atoms with Gasteiger partial charge in [-0.3, -0.25) is 9.59 Å². The van der Waals surface area contributed by atoms with E-state index >= 15 is 0 Å². The zero-order valence-electron chi connectivity index (χ0n) is 16.0. The summed E-state index contributed by atoms with van der Waals surface area (Å²) < 4.78 is 13.5. The molecule has 8 heteroatoms. The van der Waals surface area contributed by atoms with Crippen molar-refractivity contribution in [1.29, 1.82) is 0 Å². The lowest BCUT2D eigenvalue weighted by molar-refractivity contribution is -0.135. The second-order valence-corrected chi connectivity index (χ2v) is 8.44. The Morgan fingerprint density at radius 1 is 1.27 bits per heavy atom. The van der Waals surface area contributed by atoms with Gasteiger partial charge in [0.25, 0.3) is 0 Å². The molecule has 0 bridgehead atoms. The average molecular weight is 444 g/mol. The zero-order chi connectivity index (χ0) is 21.1. The highest BCUT2D eigenvalue weighted by Gasteiger charge is 2.35. The van der Waals surface area contributed by atoms with Crippen LogP contribution in [0.15, 0.2) is 53.9 Å². The number of benzene rings is 2. The minimum atomic E-state index is -0.559. The van der Waals surface area contributed by atoms with Crippen LogP contribution in [-0.4, -0.2) is 27.7 Å². The SMILES string of the molecule is O=C(NCc1nc(-c2ccc(Cl)cc2)cs1)C1CCC(=O)N1Cc1cccc(F)c1. The monoisotopic (exact) mass is 443 g/mol. The molecular weight excluding hydrogens is 425 g/mol. The number of hydrogen-bond donors (Lipinski definition) is 1. The highest BCUT2D eigenvalue weighted by molar-refractivity contribution is 7.09. The number of aromatic nitrogens is 1. The molecule has 0 aliphatic carbocycles. The Morgan fingerprint density at radius 3 is 2.83 bits per heavy atom. The number of nitrogens with zero attached hydrogens (tertiary/aromatic N) is 2. The standard InChI is InChI=1S/C22H19ClFN3O2S/c23-16-6-4-15(5-7-16)18-13-30-20(26-18)11-25-22(29)19-8-9-21(28)27(19)12-14-2-1-3-17(24)10-14/h1-7,10,13,19H,8-9,11-12H2,(H,25,29). The molecule has 1 aromatic heterocycles. The van der Waals surface area contributed by atoms with Crippen molar-refractivity contribution < 1.29 is 14.0 Å². The minimum Gasteiger partial charge on any atom is -0.348 e. The fourth-order valence-electron chi connectivity index (χ4n) is 3.46. The van der Waals surface area contributed by atoms with E-state index in [1.54, 1.807) is 12.1 Å². The number of thiazole rings is 1. The van der Waals surface area contributed by atoms with E-state index in [4.69, 9.17) is 11.6 Å². The van der Waals surface area contributed by atoms with E-state index in [0.29, 0.717) is 23.4 Å². The molecule has 1 N–H and O–H groups in total. The first-order valence-corrected chi connectivity index (χ1v) is 10.8. The number of rotatable bonds is 6. The Labute approximate surface area is 182 Å². The van der Waals surface area contributed by atoms with Gasteiger partial charge in [-0.2, -0.15) is 0 Å². The first-order chi connectivity index (χ1) is 14.5. The number of likely N-dealkylation sites (tertiary alicyclic amines) is 1. The summed E-state index contributed by atoms with van der Waals surface area (Å²) in [5.74, 6) is -0.681. The molecule has 2 aromatic carbocycles. The number of hydrogen-bond acceptors (Lipinski definition) is 4. The van der Waals surface area contributed by atoms with Crippen molar-refractivity contribution >= 4 is 34.8 Å². The summed E-state index contributed by atoms with van der Waals surface area (Å²) in [6.45, 7) is 0.502. The molecule has 1 fully saturated rings. The van der Waals surface area contributed by atoms with Gasteiger partial charge in [0.2, 0.25) is 11.8 Å². The Hall–Kier alpha value is -2.77. The highest BCUT2D eigenvalue weighted by Crippen LogP contribution is 2.25. The number of nitrogens with one attached hydrogen (secondary N) is 1. The lowest BCUT2D eigenvalue weighted by Crippen LogP contribution is -2.44. The quantitative estimate of drug-likeness (QED) is 0.613. The van der Waals surface area contributed by atoms with Crippen LogP contribution in [0.1, 0.15) is 23.4 Å². The molecular formula is C22H19ClFN3O2S. The van der Waals surface area contributed by atoms with Gasteiger partial charge in [0.05, 0.1) is 12.2 Å². The Morgan fingerprint density at radius 2 is 2.07 bits per heavy atom. The third-order valence-corrected chi connectivity index (χ3v) is 6.08. The molecule has 3 aromatic rings. The summed E-state index contributed by atoms with van der Waals surface area (Å²) in [5.41, 5.74) is 2.44. The van der Waals surface area contributed by atoms with Gasteiger partial charge in [-0.1, -0.05) is 35.9 Å². The molecule has 2 amide bonds. The fourth-order valence-corrected chi connectivity index (χ4v) is 4.33. The lowest BCUT2D eigenvalue weighted by atomic mass is 10.1. The highest BCUT2D eigenvalue weighted by atomic mass is 35.5. The maximum absolute atomic E-state index is 13.5. The summed E-state index contributed by atoms with van der Waals surface area (Å²) in [5, 5.41) is 6.25. The third-order valence-electron chi connectivity index (χ3n) is 4.98. The summed E-state index contributed by atoms with van der Waals surface area (Å²) in [4.78, 5) is 31.1. The second-order valence-electron chi connectivity index (χ2n) is 7.06. The summed E-state index contributed by atoms with van der Waals surface area (Å²) in [6, 6.07) is 12.9. The van der Waals surface area contributed by atoms with Crippen molar-refractivity contribution in [3.63, 3.8) is 0 Å². The van der Waals surface area contributed by atoms with Crippen molar-refractivity contribution in [3.05, 3.63) is 75.3 Å². The van der Waals surface area contributed by atoms with Gasteiger partial charge < -0.3 is 10.2 Å². The van der Waals surface area contributed by atoms with Gasteiger partial charge >= 0.3 is 0 Å². The number of halogens is 2. The van der Waals surface area contributed by atoms with Crippen LogP contribution in [-0.2, 0) is 22.7 Å². The van der Waals surface area contributed by atoms with Crippen molar-refractivity contribution in [3.8, 4) is 11.3 Å². The predicted octanol–water partition coefficient (Wildman–Crippen LogP) is 4.41. The minimum absolute atomic E-state index is 0.0984. The molecule has 4 rings (SSSR count). The Bertz CT molecular complexity index is 1070. The molecule has 5 nitrogen and oxygen atoms in total. The predicted molar refractivity (Wildman–Crippen MR) is 114 cm³/mol. The molecule has 1 saturated heterocycles. The van der Waals surface area contributed by atoms with E-state index in [1.807, 2.05) is 29.6 Å². The lowest BCUT2D eigenvalue weighted by Gasteiger charge is -2.24. The van der Waals surface area contributed by atoms with E-state index in [0.717, 1.165) is 16.3 Å². The topological polar surface area (TPSA) is 62.3 Å². The van der Waals surface area contributed by atoms with Crippen LogP contribution in [0.25, 0.3) is 11.3 Å². The van der Waals surface area contributed by atoms with Crippen LogP contribution >= 0.6 is 22.9 Å². The van der Waals surface area contributed by atoms with Crippen LogP contribution < -0.4 is 5.32 Å². The summed E-state index contributed by atoms with van der Waals surface area (Å²) >= 11 is 7.38. The fraction of sp³-hybridized carbons (Fsp3) is 0.227. The molecule has 154 valence electrons. The molecule has 1 aliphatic heterocycles. The van der Waals surface area contributed by atoms with Crippen molar-refractivity contribution in [2.75, 3.05) is 0 Å². The van der Waals surface area contributed by atoms with Crippen LogP contribution in [0.4, 0.5) is 4.39 Å². The van der Waals surface area contributed by atoms with Crippen molar-refractivity contribution in [2.45, 2.75) is 32.0 Å². The molecule has 2 heterocycles. The van der Waals surface area contributed by atoms with E-state index in [-0.39, 0.29) is 30.7 Å². The van der Waals surface area contributed by atoms with Gasteiger partial charge in [-0.05, 0) is 36.2 Å². The Balaban J connectivity index is 1.38. The first-order valence-electron chi connectivity index (χ1n) is 9.51. The van der Waals surface area contributed by atoms with Crippen LogP contribution in [0.5, 0.6) is 0 Å². The zero-order valence-corrected chi connectivity index (χ0v) is 17.5. The van der Waals surface area contributed by atoms with Crippen molar-refractivity contribution in [1.82, 2.24) is 15.2 Å². The summed E-state index contributed by atoms with van der Waals surface area (Å²) in [6.07, 6.45) is 0.763. The van der Waals surface area contributed by atoms with Gasteiger partial charge in [-0.15, -0.1) is 11.3 Å². The number of carbonyl (C=O) groups is 2.